The van der Waals surface area contributed by atoms with Gasteiger partial charge in [-0.25, -0.2) is 19.4 Å². The lowest BCUT2D eigenvalue weighted by atomic mass is 10.1. The number of carbonyl (C=O) groups is 4. The van der Waals surface area contributed by atoms with Crippen molar-refractivity contribution in [3.63, 3.8) is 0 Å². The molecule has 2 aromatic rings. The van der Waals surface area contributed by atoms with Crippen molar-refractivity contribution in [2.75, 3.05) is 34.0 Å². The van der Waals surface area contributed by atoms with E-state index in [4.69, 9.17) is 23.1 Å². The number of nitrogens with zero attached hydrogens (tertiary/aromatic N) is 4. The fourth-order valence-electron chi connectivity index (χ4n) is 8.61. The van der Waals surface area contributed by atoms with Crippen molar-refractivity contribution < 1.29 is 47.3 Å². The Kier molecular flexibility index (Phi) is 20.1. The van der Waals surface area contributed by atoms with E-state index in [0.717, 1.165) is 40.4 Å². The average Bonchev–Trinajstić information content (AvgIpc) is 3.91. The topological polar surface area (TPSA) is 148 Å². The molecule has 0 unspecified atom stereocenters. The van der Waals surface area contributed by atoms with Gasteiger partial charge >= 0.3 is 12.2 Å². The van der Waals surface area contributed by atoms with E-state index >= 15 is 0 Å². The van der Waals surface area contributed by atoms with Crippen molar-refractivity contribution in [2.24, 2.45) is 0 Å². The first-order valence-corrected chi connectivity index (χ1v) is 33.0. The number of ether oxygens (including phenoxy) is 3. The summed E-state index contributed by atoms with van der Waals surface area (Å²) in [7, 11) is -4.83. The molecule has 0 saturated carbocycles. The van der Waals surface area contributed by atoms with Crippen molar-refractivity contribution in [3.8, 4) is 11.5 Å². The van der Waals surface area contributed by atoms with Gasteiger partial charge < -0.3 is 38.0 Å². The number of unbranched alkanes of at least 4 members (excludes halogenated alkanes) is 2. The van der Waals surface area contributed by atoms with Gasteiger partial charge in [0, 0.05) is 24.5 Å². The minimum atomic E-state index is -2.42. The Morgan fingerprint density at radius 2 is 1.14 bits per heavy atom. The number of amides is 4. The van der Waals surface area contributed by atoms with Crippen LogP contribution in [-0.2, 0) is 18.3 Å². The summed E-state index contributed by atoms with van der Waals surface area (Å²) in [4.78, 5) is 61.6. The average molecular weight is 1170 g/mol. The lowest BCUT2D eigenvalue weighted by Gasteiger charge is -2.44. The molecule has 0 aromatic heterocycles. The Hall–Kier alpha value is -4.96. The van der Waals surface area contributed by atoms with E-state index in [1.54, 1.807) is 33.8 Å². The van der Waals surface area contributed by atoms with Crippen LogP contribution in [0.2, 0.25) is 36.3 Å². The summed E-state index contributed by atoms with van der Waals surface area (Å²) >= 11 is 2.39. The monoisotopic (exact) mass is 1160 g/mol. The lowest BCUT2D eigenvalue weighted by Crippen LogP contribution is -2.57. The van der Waals surface area contributed by atoms with E-state index in [9.17, 15) is 24.3 Å². The van der Waals surface area contributed by atoms with Crippen LogP contribution in [0.1, 0.15) is 119 Å². The second-order valence-electron chi connectivity index (χ2n) is 22.3. The van der Waals surface area contributed by atoms with Crippen LogP contribution in [0.4, 0.5) is 21.0 Å². The molecule has 4 amide bonds. The number of anilines is 2. The van der Waals surface area contributed by atoms with Gasteiger partial charge in [0.2, 0.25) is 0 Å². The second-order valence-corrected chi connectivity index (χ2v) is 32.9. The molecule has 14 nitrogen and oxygen atoms in total. The van der Waals surface area contributed by atoms with Gasteiger partial charge in [0.1, 0.15) is 24.7 Å². The first-order chi connectivity index (χ1) is 34.7. The molecule has 17 heteroatoms. The number of hydrogen-bond acceptors (Lipinski definition) is 10. The van der Waals surface area contributed by atoms with E-state index in [0.29, 0.717) is 47.6 Å². The number of halogens is 1. The Morgan fingerprint density at radius 1 is 0.703 bits per heavy atom. The minimum Gasteiger partial charge on any atom is -0.508 e. The quantitative estimate of drug-likeness (QED) is 0.0566. The van der Waals surface area contributed by atoms with Gasteiger partial charge in [-0.2, -0.15) is 0 Å². The van der Waals surface area contributed by atoms with Crippen LogP contribution in [0.3, 0.4) is 0 Å². The van der Waals surface area contributed by atoms with Crippen molar-refractivity contribution in [2.45, 2.75) is 162 Å². The fourth-order valence-corrected chi connectivity index (χ4v) is 11.6. The van der Waals surface area contributed by atoms with Gasteiger partial charge in [-0.1, -0.05) is 114 Å². The van der Waals surface area contributed by atoms with Crippen molar-refractivity contribution in [1.29, 1.82) is 0 Å². The predicted octanol–water partition coefficient (Wildman–Crippen LogP) is 14.0. The number of aryl methyl sites for hydroxylation is 2. The third kappa shape index (κ3) is 13.3. The van der Waals surface area contributed by atoms with Crippen LogP contribution in [0.25, 0.3) is 0 Å². The zero-order valence-corrected chi connectivity index (χ0v) is 50.5. The molecule has 0 saturated heterocycles. The van der Waals surface area contributed by atoms with Crippen molar-refractivity contribution >= 4 is 74.6 Å². The summed E-state index contributed by atoms with van der Waals surface area (Å²) in [6, 6.07) is 5.87. The Bertz CT molecular complexity index is 2560. The molecule has 404 valence electrons. The minimum absolute atomic E-state index is 0.00801. The molecular formula is C57H81IN4O10Si2. The maximum atomic E-state index is 14.1. The third-order valence-electron chi connectivity index (χ3n) is 14.7. The van der Waals surface area contributed by atoms with Gasteiger partial charge in [-0.15, -0.1) is 0 Å². The number of aromatic hydroxyl groups is 1. The largest absolute Gasteiger partial charge is 0.508 e. The molecule has 4 atom stereocenters. The molecule has 1 N–H and O–H groups in total. The van der Waals surface area contributed by atoms with Crippen LogP contribution in [0, 0.1) is 13.8 Å². The molecule has 0 bridgehead atoms. The number of alkyl halides is 1. The first kappa shape index (κ1) is 59.9. The summed E-state index contributed by atoms with van der Waals surface area (Å²) in [6.45, 7) is 36.9. The number of fused-ring (bicyclic) bond motifs is 4. The van der Waals surface area contributed by atoms with E-state index in [-0.39, 0.29) is 46.5 Å². The van der Waals surface area contributed by atoms with E-state index in [2.05, 4.69) is 103 Å². The molecule has 0 aliphatic carbocycles. The molecule has 2 aromatic carbocycles. The highest BCUT2D eigenvalue weighted by atomic mass is 127. The highest BCUT2D eigenvalue weighted by Crippen LogP contribution is 2.47. The second kappa shape index (κ2) is 24.8. The standard InChI is InChI=1S/C31H45IN2O5Si.C26H36N2O5Si/c1-9-14-23-19-26-29(39-40(7,8)31(4,5)6)34(30(36)38-16-10-2)25-20-27(37-17-13-11-12-15-32)22(3)18-24(25)28(35)33(26)21-23;1-9-11-18-14-21-24(33-34(7,8)26(4,5)6)28(25(31)32-12-10-2)20-15-22(29)17(3)13-19(20)23(30)27(21)16-18/h9-10,14,18,20-21,26,29H,2,11-13,15-17,19H2,1,3-8H3;9-11,13,15-16,21,24,29H,2,12,14H2,1,3-8H3/b14-9+;11-9+/t26-,29-;21-,24-/m00/s1. The predicted molar refractivity (Wildman–Crippen MR) is 309 cm³/mol. The molecule has 0 fully saturated rings. The molecule has 74 heavy (non-hydrogen) atoms. The normalized spacial score (nSPS) is 19.9. The zero-order valence-electron chi connectivity index (χ0n) is 46.3. The zero-order chi connectivity index (χ0) is 55.1. The summed E-state index contributed by atoms with van der Waals surface area (Å²) in [6.07, 6.45) is 16.1. The highest BCUT2D eigenvalue weighted by Gasteiger charge is 2.52. The van der Waals surface area contributed by atoms with Crippen LogP contribution in [0.5, 0.6) is 11.5 Å². The van der Waals surface area contributed by atoms with Gasteiger partial charge in [-0.05, 0) is 135 Å². The Balaban J connectivity index is 0.000000278. The third-order valence-corrected chi connectivity index (χ3v) is 24.4. The van der Waals surface area contributed by atoms with Gasteiger partial charge in [0.15, 0.2) is 29.1 Å². The molecule has 4 aliphatic heterocycles. The molecule has 4 heterocycles. The van der Waals surface area contributed by atoms with Gasteiger partial charge in [-0.3, -0.25) is 9.59 Å². The number of benzene rings is 2. The van der Waals surface area contributed by atoms with Crippen LogP contribution < -0.4 is 14.5 Å². The summed E-state index contributed by atoms with van der Waals surface area (Å²) in [5.74, 6) is 0.233. The Morgan fingerprint density at radius 3 is 1.54 bits per heavy atom. The smallest absolute Gasteiger partial charge is 0.416 e. The molecule has 0 spiro atoms. The van der Waals surface area contributed by atoms with Crippen molar-refractivity contribution in [1.82, 2.24) is 9.80 Å². The summed E-state index contributed by atoms with van der Waals surface area (Å²) in [5, 5.41) is 10.3. The van der Waals surface area contributed by atoms with E-state index in [1.165, 1.54) is 17.0 Å². The fraction of sp³-hybridized carbons (Fsp3) is 0.509. The van der Waals surface area contributed by atoms with Crippen molar-refractivity contribution in [3.05, 3.63) is 120 Å². The maximum Gasteiger partial charge on any atom is 0.416 e. The molecule has 0 radical (unpaired) electrons. The van der Waals surface area contributed by atoms with E-state index < -0.39 is 53.4 Å². The number of allylic oxidation sites excluding steroid dienone is 4. The number of carbonyl (C=O) groups excluding carboxylic acids is 4. The number of phenols is 1. The SMILES string of the molecule is C=CCOC(=O)N1c2cc(O)c(C)cc2C(=O)N2C=C(/C=C/C)C[C@H]2[C@@H]1O[Si](C)(C)C(C)(C)C.C=CCOC(=O)N1c2cc(OCCCCCI)c(C)cc2C(=O)N2C=C(/C=C/C)C[C@H]2[C@@H]1O[Si](C)(C)C(C)(C)C. The van der Waals surface area contributed by atoms with Crippen LogP contribution in [-0.4, -0.2) is 104 Å². The first-order valence-electron chi connectivity index (χ1n) is 25.7. The lowest BCUT2D eigenvalue weighted by molar-refractivity contribution is 0.0588. The number of phenolic OH excluding ortho intramolecular Hbond substituents is 1. The van der Waals surface area contributed by atoms with Gasteiger partial charge in [0.25, 0.3) is 11.8 Å². The Labute approximate surface area is 456 Å². The number of hydrogen-bond donors (Lipinski definition) is 1. The van der Waals surface area contributed by atoms with Crippen LogP contribution >= 0.6 is 22.6 Å². The molecule has 6 rings (SSSR count). The molecular weight excluding hydrogens is 1080 g/mol. The van der Waals surface area contributed by atoms with Gasteiger partial charge in [0.05, 0.1) is 41.2 Å². The molecule has 4 aliphatic rings. The summed E-state index contributed by atoms with van der Waals surface area (Å²) in [5.41, 5.74) is 4.84. The van der Waals surface area contributed by atoms with Crippen LogP contribution in [0.15, 0.2) is 97.4 Å². The number of rotatable bonds is 16. The maximum absolute atomic E-state index is 14.1. The highest BCUT2D eigenvalue weighted by molar-refractivity contribution is 14.1. The van der Waals surface area contributed by atoms with E-state index in [1.807, 2.05) is 69.6 Å². The summed E-state index contributed by atoms with van der Waals surface area (Å²) < 4.78 is 32.3.